The zero-order chi connectivity index (χ0) is 8.65. The molecule has 1 aromatic rings. The van der Waals surface area contributed by atoms with Crippen LogP contribution in [0.3, 0.4) is 0 Å². The molecular weight excluding hydrogens is 152 g/mol. The van der Waals surface area contributed by atoms with Gasteiger partial charge in [0, 0.05) is 18.9 Å². The Hall–Kier alpha value is -0.930. The lowest BCUT2D eigenvalue weighted by Crippen LogP contribution is -2.10. The van der Waals surface area contributed by atoms with Crippen molar-refractivity contribution < 1.29 is 4.74 Å². The summed E-state index contributed by atoms with van der Waals surface area (Å²) in [5, 5.41) is 0. The molecular formula is C9H14N2O. The van der Waals surface area contributed by atoms with Crippen molar-refractivity contribution >= 4 is 0 Å². The number of hydrogen-bond donors (Lipinski definition) is 1. The van der Waals surface area contributed by atoms with Crippen LogP contribution in [0.1, 0.15) is 5.56 Å². The molecule has 0 unspecified atom stereocenters. The first kappa shape index (κ1) is 9.16. The summed E-state index contributed by atoms with van der Waals surface area (Å²) in [4.78, 5) is 3.93. The molecule has 1 rings (SSSR count). The van der Waals surface area contributed by atoms with Crippen LogP contribution in [0.5, 0.6) is 0 Å². The molecule has 0 aromatic carbocycles. The van der Waals surface area contributed by atoms with Gasteiger partial charge in [0.15, 0.2) is 0 Å². The lowest BCUT2D eigenvalue weighted by Gasteiger charge is -2.01. The molecule has 3 heteroatoms. The summed E-state index contributed by atoms with van der Waals surface area (Å²) >= 11 is 0. The second kappa shape index (κ2) is 5.69. The normalized spacial score (nSPS) is 10.1. The van der Waals surface area contributed by atoms with Gasteiger partial charge in [0.2, 0.25) is 0 Å². The summed E-state index contributed by atoms with van der Waals surface area (Å²) in [5.41, 5.74) is 6.52. The highest BCUT2D eigenvalue weighted by molar-refractivity contribution is 5.09. The average Bonchev–Trinajstić information content (AvgIpc) is 2.14. The van der Waals surface area contributed by atoms with E-state index in [1.165, 1.54) is 5.56 Å². The summed E-state index contributed by atoms with van der Waals surface area (Å²) in [6, 6.07) is 3.98. The number of aromatic nitrogens is 1. The minimum atomic E-state index is 0.594. The molecule has 2 N–H and O–H groups in total. The van der Waals surface area contributed by atoms with E-state index in [9.17, 15) is 0 Å². The molecule has 0 radical (unpaired) electrons. The lowest BCUT2D eigenvalue weighted by molar-refractivity contribution is 0.144. The number of nitrogens with two attached hydrogens (primary N) is 1. The van der Waals surface area contributed by atoms with Crippen molar-refractivity contribution in [2.75, 3.05) is 19.8 Å². The molecule has 0 aliphatic carbocycles. The van der Waals surface area contributed by atoms with E-state index >= 15 is 0 Å². The number of rotatable bonds is 5. The Morgan fingerprint density at radius 1 is 1.25 bits per heavy atom. The quantitative estimate of drug-likeness (QED) is 0.651. The van der Waals surface area contributed by atoms with Crippen molar-refractivity contribution in [3.05, 3.63) is 30.1 Å². The third-order valence-corrected chi connectivity index (χ3v) is 1.55. The maximum absolute atomic E-state index is 5.27. The molecule has 12 heavy (non-hydrogen) atoms. The predicted octanol–water partition coefficient (Wildman–Crippen LogP) is 0.599. The van der Waals surface area contributed by atoms with Crippen LogP contribution in [0.4, 0.5) is 0 Å². The summed E-state index contributed by atoms with van der Waals surface area (Å²) in [6.45, 7) is 1.97. The standard InChI is InChI=1S/C9H14N2O/c10-4-8-12-7-3-9-1-5-11-6-2-9/h1-2,5-6H,3-4,7-8,10H2. The molecule has 66 valence electrons. The molecule has 3 nitrogen and oxygen atoms in total. The summed E-state index contributed by atoms with van der Waals surface area (Å²) in [5.74, 6) is 0. The van der Waals surface area contributed by atoms with Crippen LogP contribution in [-0.2, 0) is 11.2 Å². The molecule has 1 aromatic heterocycles. The molecule has 0 fully saturated rings. The van der Waals surface area contributed by atoms with Crippen molar-refractivity contribution in [1.82, 2.24) is 4.98 Å². The molecule has 0 saturated heterocycles. The van der Waals surface area contributed by atoms with Gasteiger partial charge >= 0.3 is 0 Å². The minimum absolute atomic E-state index is 0.594. The fraction of sp³-hybridized carbons (Fsp3) is 0.444. The van der Waals surface area contributed by atoms with Gasteiger partial charge < -0.3 is 10.5 Å². The first-order valence-electron chi connectivity index (χ1n) is 4.10. The smallest absolute Gasteiger partial charge is 0.0588 e. The van der Waals surface area contributed by atoms with Gasteiger partial charge in [-0.1, -0.05) is 0 Å². The van der Waals surface area contributed by atoms with Gasteiger partial charge in [-0.3, -0.25) is 4.98 Å². The molecule has 0 spiro atoms. The molecule has 0 bridgehead atoms. The monoisotopic (exact) mass is 166 g/mol. The van der Waals surface area contributed by atoms with Gasteiger partial charge in [0.25, 0.3) is 0 Å². The van der Waals surface area contributed by atoms with Gasteiger partial charge in [0.1, 0.15) is 0 Å². The van der Waals surface area contributed by atoms with E-state index in [0.717, 1.165) is 13.0 Å². The third-order valence-electron chi connectivity index (χ3n) is 1.55. The van der Waals surface area contributed by atoms with E-state index in [2.05, 4.69) is 4.98 Å². The van der Waals surface area contributed by atoms with E-state index in [-0.39, 0.29) is 0 Å². The van der Waals surface area contributed by atoms with Crippen molar-refractivity contribution in [1.29, 1.82) is 0 Å². The van der Waals surface area contributed by atoms with E-state index < -0.39 is 0 Å². The topological polar surface area (TPSA) is 48.1 Å². The minimum Gasteiger partial charge on any atom is -0.380 e. The zero-order valence-electron chi connectivity index (χ0n) is 7.07. The van der Waals surface area contributed by atoms with E-state index in [0.29, 0.717) is 13.2 Å². The van der Waals surface area contributed by atoms with Crippen LogP contribution >= 0.6 is 0 Å². The Morgan fingerprint density at radius 2 is 2.00 bits per heavy atom. The predicted molar refractivity (Wildman–Crippen MR) is 47.8 cm³/mol. The zero-order valence-corrected chi connectivity index (χ0v) is 7.07. The maximum atomic E-state index is 5.27. The number of hydrogen-bond acceptors (Lipinski definition) is 3. The average molecular weight is 166 g/mol. The summed E-state index contributed by atoms with van der Waals surface area (Å²) in [7, 11) is 0. The number of nitrogens with zero attached hydrogens (tertiary/aromatic N) is 1. The fourth-order valence-electron chi connectivity index (χ4n) is 0.925. The van der Waals surface area contributed by atoms with Crippen LogP contribution in [-0.4, -0.2) is 24.7 Å². The number of ether oxygens (including phenoxy) is 1. The lowest BCUT2D eigenvalue weighted by atomic mass is 10.2. The Bertz CT molecular complexity index is 201. The van der Waals surface area contributed by atoms with E-state index in [1.807, 2.05) is 12.1 Å². The summed E-state index contributed by atoms with van der Waals surface area (Å²) < 4.78 is 5.24. The first-order chi connectivity index (χ1) is 5.93. The van der Waals surface area contributed by atoms with Crippen molar-refractivity contribution in [3.63, 3.8) is 0 Å². The molecule has 0 atom stereocenters. The Labute approximate surface area is 72.6 Å². The van der Waals surface area contributed by atoms with Crippen LogP contribution < -0.4 is 5.73 Å². The van der Waals surface area contributed by atoms with Crippen molar-refractivity contribution in [3.8, 4) is 0 Å². The second-order valence-corrected chi connectivity index (χ2v) is 2.51. The largest absolute Gasteiger partial charge is 0.380 e. The Balaban J connectivity index is 2.16. The van der Waals surface area contributed by atoms with Gasteiger partial charge in [0.05, 0.1) is 13.2 Å². The first-order valence-corrected chi connectivity index (χ1v) is 4.10. The van der Waals surface area contributed by atoms with Gasteiger partial charge in [-0.05, 0) is 24.1 Å². The Morgan fingerprint density at radius 3 is 2.67 bits per heavy atom. The van der Waals surface area contributed by atoms with Crippen LogP contribution in [0.25, 0.3) is 0 Å². The molecule has 0 aliphatic heterocycles. The molecule has 0 aliphatic rings. The van der Waals surface area contributed by atoms with Crippen molar-refractivity contribution in [2.45, 2.75) is 6.42 Å². The third kappa shape index (κ3) is 3.46. The van der Waals surface area contributed by atoms with E-state index in [4.69, 9.17) is 10.5 Å². The fourth-order valence-corrected chi connectivity index (χ4v) is 0.925. The van der Waals surface area contributed by atoms with Crippen LogP contribution in [0, 0.1) is 0 Å². The molecule has 0 amide bonds. The molecule has 0 saturated carbocycles. The van der Waals surface area contributed by atoms with Crippen molar-refractivity contribution in [2.24, 2.45) is 5.73 Å². The SMILES string of the molecule is NCCOCCc1ccncc1. The number of pyridine rings is 1. The van der Waals surface area contributed by atoms with Gasteiger partial charge in [-0.15, -0.1) is 0 Å². The Kier molecular flexibility index (Phi) is 4.34. The second-order valence-electron chi connectivity index (χ2n) is 2.51. The van der Waals surface area contributed by atoms with Gasteiger partial charge in [-0.25, -0.2) is 0 Å². The molecule has 1 heterocycles. The highest BCUT2D eigenvalue weighted by Crippen LogP contribution is 1.96. The van der Waals surface area contributed by atoms with Crippen LogP contribution in [0.15, 0.2) is 24.5 Å². The van der Waals surface area contributed by atoms with Gasteiger partial charge in [-0.2, -0.15) is 0 Å². The highest BCUT2D eigenvalue weighted by atomic mass is 16.5. The maximum Gasteiger partial charge on any atom is 0.0588 e. The highest BCUT2D eigenvalue weighted by Gasteiger charge is 1.90. The van der Waals surface area contributed by atoms with Crippen LogP contribution in [0.2, 0.25) is 0 Å². The van der Waals surface area contributed by atoms with E-state index in [1.54, 1.807) is 12.4 Å². The summed E-state index contributed by atoms with van der Waals surface area (Å²) in [6.07, 6.45) is 4.51.